The summed E-state index contributed by atoms with van der Waals surface area (Å²) in [5.74, 6) is -2.55. The molecule has 1 aromatic rings. The third-order valence-electron chi connectivity index (χ3n) is 11.9. The Morgan fingerprint density at radius 2 is 0.518 bits per heavy atom. The smallest absolute Gasteiger partial charge is 0.326 e. The Bertz CT molecular complexity index is 2260. The SMILES string of the molecule is C1C2CC3CC1CC(C2)C3.C1C2CC3CC1CC(C2)C3.CC.CC.CC.CC(=O)OCOC(=O)CS(=O)(=O)O.CC(=O)OCOC(=O)CS(=O)(=O)O.CC(=O)OCOC(=O)CS(=O)(=O)O.CCC(=O)OCOC(=O)CS(=O)(=O)O.c1ccncc1. The quantitative estimate of drug-likeness (QED) is 0.0604. The fourth-order valence-corrected chi connectivity index (χ4v) is 11.4. The molecule has 8 aliphatic carbocycles. The highest BCUT2D eigenvalue weighted by atomic mass is 32.2. The van der Waals surface area contributed by atoms with Crippen molar-refractivity contribution in [2.75, 3.05) is 50.2 Å². The number of hydrogen-bond donors (Lipinski definition) is 4. The van der Waals surface area contributed by atoms with E-state index in [0.29, 0.717) is 0 Å². The van der Waals surface area contributed by atoms with Crippen LogP contribution in [0.5, 0.6) is 0 Å². The summed E-state index contributed by atoms with van der Waals surface area (Å²) in [6.07, 6.45) is 22.9. The molecule has 0 atom stereocenters. The van der Waals surface area contributed by atoms with Crippen molar-refractivity contribution >= 4 is 88.2 Å². The van der Waals surface area contributed by atoms with Crippen molar-refractivity contribution in [3.63, 3.8) is 0 Å². The lowest BCUT2D eigenvalue weighted by Crippen LogP contribution is -2.38. The van der Waals surface area contributed by atoms with Gasteiger partial charge in [0.05, 0.1) is 0 Å². The fraction of sp³-hybridized carbons (Fsp3) is 0.750. The molecule has 0 aliphatic heterocycles. The van der Waals surface area contributed by atoms with Gasteiger partial charge in [0.15, 0.2) is 23.0 Å². The van der Waals surface area contributed by atoms with E-state index in [2.05, 4.69) is 42.9 Å². The lowest BCUT2D eigenvalue weighted by Gasteiger charge is -2.49. The molecule has 0 spiro atoms. The number of nitrogens with zero attached hydrogens (tertiary/aromatic N) is 1. The number of carbonyl (C=O) groups is 8. The fourth-order valence-electron chi connectivity index (χ4n) is 9.84. The van der Waals surface area contributed by atoms with Crippen LogP contribution in [0, 0.1) is 47.3 Å². The van der Waals surface area contributed by atoms with Crippen LogP contribution in [-0.2, 0) is 117 Å². The molecule has 0 unspecified atom stereocenters. The van der Waals surface area contributed by atoms with Gasteiger partial charge in [-0.15, -0.1) is 0 Å². The number of ether oxygens (including phenoxy) is 8. The van der Waals surface area contributed by atoms with Crippen LogP contribution < -0.4 is 0 Å². The molecule has 494 valence electrons. The van der Waals surface area contributed by atoms with E-state index in [9.17, 15) is 72.0 Å². The van der Waals surface area contributed by atoms with Crippen molar-refractivity contribution < 1.29 is 128 Å². The molecule has 4 N–H and O–H groups in total. The predicted octanol–water partition coefficient (Wildman–Crippen LogP) is 5.97. The maximum absolute atomic E-state index is 10.6. The molecule has 0 amide bonds. The average molecular weight is 1300 g/mol. The molecule has 1 aromatic heterocycles. The van der Waals surface area contributed by atoms with Crippen LogP contribution in [0.3, 0.4) is 0 Å². The van der Waals surface area contributed by atoms with Crippen LogP contribution in [-0.4, -0.2) is 155 Å². The van der Waals surface area contributed by atoms with E-state index < -0.39 is 138 Å². The molecule has 8 fully saturated rings. The minimum atomic E-state index is -4.39. The molecule has 0 saturated heterocycles. The van der Waals surface area contributed by atoms with Crippen molar-refractivity contribution in [2.45, 2.75) is 153 Å². The summed E-state index contributed by atoms with van der Waals surface area (Å²) in [5.41, 5.74) is 0. The molecule has 1 heterocycles. The Labute approximate surface area is 500 Å². The van der Waals surface area contributed by atoms with Gasteiger partial charge in [-0.2, -0.15) is 33.7 Å². The summed E-state index contributed by atoms with van der Waals surface area (Å²) in [6.45, 7) is 14.2. The first kappa shape index (κ1) is 83.8. The van der Waals surface area contributed by atoms with Crippen molar-refractivity contribution in [1.29, 1.82) is 0 Å². The molecule has 0 aromatic carbocycles. The number of esters is 8. The Morgan fingerprint density at radius 1 is 0.341 bits per heavy atom. The minimum absolute atomic E-state index is 0.121. The molecule has 9 rings (SSSR count). The monoisotopic (exact) mass is 1300 g/mol. The standard InChI is InChI=1S/2C10H16.C6H10O7S.C5H5N.3C5H8O7S.3C2H6/c2*1-7-2-9-4-8(1)5-10(3-7)6-9;1-2-5(7)12-4-13-6(8)3-14(9,10)11;1-2-4-6-5-3-1;3*1-4(6)11-3-12-5(7)2-13(8,9)10;3*1-2/h2*7-10H,1-6H2;2-4H2,1H3,(H,9,10,11);1-5H;3*2-3H2,1H3,(H,8,9,10);3*1-2H3. The van der Waals surface area contributed by atoms with Crippen LogP contribution >= 0.6 is 0 Å². The topological polar surface area (TPSA) is 441 Å². The van der Waals surface area contributed by atoms with Crippen LogP contribution in [0.4, 0.5) is 0 Å². The van der Waals surface area contributed by atoms with Gasteiger partial charge in [0, 0.05) is 39.6 Å². The summed E-state index contributed by atoms with van der Waals surface area (Å²) in [6, 6.07) is 5.72. The van der Waals surface area contributed by atoms with E-state index in [1.165, 1.54) is 47.3 Å². The predicted molar refractivity (Wildman–Crippen MR) is 303 cm³/mol. The van der Waals surface area contributed by atoms with Gasteiger partial charge in [0.1, 0.15) is 0 Å². The van der Waals surface area contributed by atoms with Crippen LogP contribution in [0.2, 0.25) is 0 Å². The van der Waals surface area contributed by atoms with E-state index in [4.69, 9.17) is 18.2 Å². The zero-order valence-corrected chi connectivity index (χ0v) is 53.3. The van der Waals surface area contributed by atoms with Crippen molar-refractivity contribution in [3.8, 4) is 0 Å². The van der Waals surface area contributed by atoms with E-state index >= 15 is 0 Å². The molecular formula is C52H89NO28S4. The molecule has 85 heavy (non-hydrogen) atoms. The number of pyridine rings is 1. The summed E-state index contributed by atoms with van der Waals surface area (Å²) in [7, 11) is -17.6. The first-order valence-corrected chi connectivity index (χ1v) is 33.9. The molecule has 8 saturated carbocycles. The maximum atomic E-state index is 10.6. The molecule has 29 nitrogen and oxygen atoms in total. The summed E-state index contributed by atoms with van der Waals surface area (Å²) >= 11 is 0. The summed E-state index contributed by atoms with van der Waals surface area (Å²) in [5, 5.41) is 0. The van der Waals surface area contributed by atoms with E-state index in [0.717, 1.165) is 20.8 Å². The molecule has 0 radical (unpaired) electrons. The normalized spacial score (nSPS) is 21.0. The van der Waals surface area contributed by atoms with Gasteiger partial charge in [-0.3, -0.25) is 61.6 Å². The van der Waals surface area contributed by atoms with Gasteiger partial charge in [-0.1, -0.05) is 54.5 Å². The van der Waals surface area contributed by atoms with Crippen LogP contribution in [0.1, 0.15) is 153 Å². The molecule has 33 heteroatoms. The average Bonchev–Trinajstić information content (AvgIpc) is 3.58. The Hall–Kier alpha value is -5.45. The zero-order valence-electron chi connectivity index (χ0n) is 50.0. The highest BCUT2D eigenvalue weighted by Crippen LogP contribution is 2.54. The Morgan fingerprint density at radius 3 is 0.647 bits per heavy atom. The zero-order chi connectivity index (χ0) is 66.0. The second kappa shape index (κ2) is 45.8. The van der Waals surface area contributed by atoms with Crippen molar-refractivity contribution in [1.82, 2.24) is 4.98 Å². The molecular weight excluding hydrogens is 1210 g/mol. The largest absolute Gasteiger partial charge is 0.428 e. The summed E-state index contributed by atoms with van der Waals surface area (Å²) < 4.78 is 147. The summed E-state index contributed by atoms with van der Waals surface area (Å²) in [4.78, 5) is 86.7. The highest BCUT2D eigenvalue weighted by molar-refractivity contribution is 7.87. The van der Waals surface area contributed by atoms with E-state index in [-0.39, 0.29) is 6.42 Å². The second-order valence-electron chi connectivity index (χ2n) is 19.0. The van der Waals surface area contributed by atoms with Gasteiger partial charge < -0.3 is 37.9 Å². The number of hydrogen-bond acceptors (Lipinski definition) is 25. The molecule has 8 aliphatic rings. The second-order valence-corrected chi connectivity index (χ2v) is 24.8. The van der Waals surface area contributed by atoms with Gasteiger partial charge in [-0.25, -0.2) is 0 Å². The number of aromatic nitrogens is 1. The third-order valence-corrected chi connectivity index (χ3v) is 14.3. The van der Waals surface area contributed by atoms with Gasteiger partial charge in [-0.05, 0) is 137 Å². The molecule has 8 bridgehead atoms. The van der Waals surface area contributed by atoms with Gasteiger partial charge >= 0.3 is 47.8 Å². The third kappa shape index (κ3) is 51.5. The van der Waals surface area contributed by atoms with Gasteiger partial charge in [0.2, 0.25) is 27.2 Å². The lowest BCUT2D eigenvalue weighted by molar-refractivity contribution is -0.166. The van der Waals surface area contributed by atoms with Crippen molar-refractivity contribution in [2.24, 2.45) is 47.3 Å². The van der Waals surface area contributed by atoms with Gasteiger partial charge in [0.25, 0.3) is 40.5 Å². The van der Waals surface area contributed by atoms with E-state index in [1.54, 1.807) is 96.4 Å². The number of carbonyl (C=O) groups excluding carboxylic acids is 8. The minimum Gasteiger partial charge on any atom is -0.428 e. The Balaban J connectivity index is -0.000000914. The lowest BCUT2D eigenvalue weighted by atomic mass is 9.56. The van der Waals surface area contributed by atoms with Crippen LogP contribution in [0.15, 0.2) is 30.6 Å². The number of rotatable bonds is 17. The highest BCUT2D eigenvalue weighted by Gasteiger charge is 2.43. The van der Waals surface area contributed by atoms with E-state index in [1.807, 2.05) is 59.7 Å². The first-order chi connectivity index (χ1) is 39.6. The van der Waals surface area contributed by atoms with Crippen LogP contribution in [0.25, 0.3) is 0 Å². The maximum Gasteiger partial charge on any atom is 0.326 e. The Kier molecular flexibility index (Phi) is 45.1. The first-order valence-electron chi connectivity index (χ1n) is 27.4. The van der Waals surface area contributed by atoms with Crippen molar-refractivity contribution in [3.05, 3.63) is 30.6 Å².